The SMILES string of the molecule is N#CC[C@@H](N)c1ccnc(C(=O)O)c1. The number of hydrogen-bond donors (Lipinski definition) is 2. The summed E-state index contributed by atoms with van der Waals surface area (Å²) in [6.45, 7) is 0. The van der Waals surface area contributed by atoms with Gasteiger partial charge < -0.3 is 10.8 Å². The van der Waals surface area contributed by atoms with E-state index in [1.165, 1.54) is 12.3 Å². The van der Waals surface area contributed by atoms with Crippen molar-refractivity contribution in [2.45, 2.75) is 12.5 Å². The molecule has 1 heterocycles. The fraction of sp³-hybridized carbons (Fsp3) is 0.222. The quantitative estimate of drug-likeness (QED) is 0.732. The highest BCUT2D eigenvalue weighted by molar-refractivity contribution is 5.85. The van der Waals surface area contributed by atoms with Gasteiger partial charge in [0.2, 0.25) is 0 Å². The number of nitrogens with zero attached hydrogens (tertiary/aromatic N) is 2. The molecule has 0 saturated heterocycles. The van der Waals surface area contributed by atoms with Crippen LogP contribution in [0.15, 0.2) is 18.3 Å². The molecule has 1 rings (SSSR count). The van der Waals surface area contributed by atoms with Crippen molar-refractivity contribution < 1.29 is 9.90 Å². The predicted octanol–water partition coefficient (Wildman–Crippen LogP) is 0.693. The van der Waals surface area contributed by atoms with E-state index in [1.807, 2.05) is 6.07 Å². The van der Waals surface area contributed by atoms with Gasteiger partial charge in [0.15, 0.2) is 0 Å². The molecule has 0 amide bonds. The van der Waals surface area contributed by atoms with Gasteiger partial charge in [-0.2, -0.15) is 5.26 Å². The second kappa shape index (κ2) is 4.35. The average molecular weight is 191 g/mol. The normalized spacial score (nSPS) is 11.7. The zero-order valence-corrected chi connectivity index (χ0v) is 7.34. The van der Waals surface area contributed by atoms with Crippen LogP contribution in [-0.2, 0) is 0 Å². The average Bonchev–Trinajstić information content (AvgIpc) is 2.18. The second-order valence-electron chi connectivity index (χ2n) is 2.75. The van der Waals surface area contributed by atoms with Crippen molar-refractivity contribution in [2.24, 2.45) is 5.73 Å². The van der Waals surface area contributed by atoms with Gasteiger partial charge in [-0.1, -0.05) is 0 Å². The van der Waals surface area contributed by atoms with Gasteiger partial charge in [0.1, 0.15) is 5.69 Å². The number of aromatic carboxylic acids is 1. The number of nitriles is 1. The molecule has 0 unspecified atom stereocenters. The molecule has 72 valence electrons. The molecule has 0 aliphatic rings. The van der Waals surface area contributed by atoms with Gasteiger partial charge in [0, 0.05) is 12.2 Å². The standard InChI is InChI=1S/C9H9N3O2/c10-3-1-7(11)6-2-4-12-8(5-6)9(13)14/h2,4-5,7H,1,11H2,(H,13,14)/t7-/m1/s1. The Bertz CT molecular complexity index is 384. The number of carbonyl (C=O) groups is 1. The van der Waals surface area contributed by atoms with E-state index in [-0.39, 0.29) is 12.1 Å². The Morgan fingerprint density at radius 3 is 3.07 bits per heavy atom. The molecule has 1 aromatic rings. The minimum atomic E-state index is -1.10. The van der Waals surface area contributed by atoms with Gasteiger partial charge in [0.05, 0.1) is 12.5 Å². The first kappa shape index (κ1) is 10.2. The Balaban J connectivity index is 2.94. The van der Waals surface area contributed by atoms with Crippen molar-refractivity contribution in [2.75, 3.05) is 0 Å². The molecule has 3 N–H and O–H groups in total. The number of nitrogens with two attached hydrogens (primary N) is 1. The van der Waals surface area contributed by atoms with Crippen LogP contribution >= 0.6 is 0 Å². The van der Waals surface area contributed by atoms with Crippen LogP contribution in [0.4, 0.5) is 0 Å². The van der Waals surface area contributed by atoms with Crippen LogP contribution in [0.1, 0.15) is 28.5 Å². The lowest BCUT2D eigenvalue weighted by molar-refractivity contribution is 0.0690. The van der Waals surface area contributed by atoms with Gasteiger partial charge >= 0.3 is 5.97 Å². The first-order valence-electron chi connectivity index (χ1n) is 3.97. The molecule has 0 spiro atoms. The van der Waals surface area contributed by atoms with E-state index in [4.69, 9.17) is 16.1 Å². The molecule has 0 radical (unpaired) electrons. The van der Waals surface area contributed by atoms with Gasteiger partial charge in [-0.15, -0.1) is 0 Å². The Kier molecular flexibility index (Phi) is 3.15. The van der Waals surface area contributed by atoms with E-state index < -0.39 is 12.0 Å². The smallest absolute Gasteiger partial charge is 0.354 e. The summed E-state index contributed by atoms with van der Waals surface area (Å²) in [7, 11) is 0. The van der Waals surface area contributed by atoms with Crippen LogP contribution in [0.2, 0.25) is 0 Å². The molecule has 1 atom stereocenters. The molecule has 0 aliphatic heterocycles. The van der Waals surface area contributed by atoms with Crippen LogP contribution in [0.25, 0.3) is 0 Å². The van der Waals surface area contributed by atoms with Gasteiger partial charge in [-0.3, -0.25) is 0 Å². The van der Waals surface area contributed by atoms with E-state index in [1.54, 1.807) is 6.07 Å². The van der Waals surface area contributed by atoms with Crippen LogP contribution in [-0.4, -0.2) is 16.1 Å². The Hall–Kier alpha value is -1.93. The topological polar surface area (TPSA) is 100 Å². The highest BCUT2D eigenvalue weighted by Gasteiger charge is 2.09. The van der Waals surface area contributed by atoms with Crippen molar-refractivity contribution >= 4 is 5.97 Å². The van der Waals surface area contributed by atoms with Crippen molar-refractivity contribution in [3.63, 3.8) is 0 Å². The maximum absolute atomic E-state index is 10.6. The van der Waals surface area contributed by atoms with Gasteiger partial charge in [0.25, 0.3) is 0 Å². The van der Waals surface area contributed by atoms with Crippen molar-refractivity contribution in [1.82, 2.24) is 4.98 Å². The van der Waals surface area contributed by atoms with E-state index >= 15 is 0 Å². The molecule has 0 aliphatic carbocycles. The summed E-state index contributed by atoms with van der Waals surface area (Å²) in [5.74, 6) is -1.10. The number of rotatable bonds is 3. The maximum Gasteiger partial charge on any atom is 0.354 e. The summed E-state index contributed by atoms with van der Waals surface area (Å²) in [5.41, 5.74) is 6.18. The summed E-state index contributed by atoms with van der Waals surface area (Å²) in [4.78, 5) is 14.2. The largest absolute Gasteiger partial charge is 0.477 e. The fourth-order valence-corrected chi connectivity index (χ4v) is 1.01. The highest BCUT2D eigenvalue weighted by Crippen LogP contribution is 2.13. The third-order valence-corrected chi connectivity index (χ3v) is 1.74. The van der Waals surface area contributed by atoms with Crippen LogP contribution in [0, 0.1) is 11.3 Å². The lowest BCUT2D eigenvalue weighted by Crippen LogP contribution is -2.11. The number of carboxylic acids is 1. The fourth-order valence-electron chi connectivity index (χ4n) is 1.01. The van der Waals surface area contributed by atoms with Crippen molar-refractivity contribution in [1.29, 1.82) is 5.26 Å². The molecule has 5 heteroatoms. The summed E-state index contributed by atoms with van der Waals surface area (Å²) in [6.07, 6.45) is 1.53. The van der Waals surface area contributed by atoms with E-state index in [9.17, 15) is 4.79 Å². The van der Waals surface area contributed by atoms with Gasteiger partial charge in [-0.05, 0) is 17.7 Å². The Morgan fingerprint density at radius 2 is 2.50 bits per heavy atom. The van der Waals surface area contributed by atoms with Gasteiger partial charge in [-0.25, -0.2) is 9.78 Å². The lowest BCUT2D eigenvalue weighted by Gasteiger charge is -2.07. The van der Waals surface area contributed by atoms with Crippen LogP contribution in [0.3, 0.4) is 0 Å². The molecular weight excluding hydrogens is 182 g/mol. The second-order valence-corrected chi connectivity index (χ2v) is 2.75. The minimum Gasteiger partial charge on any atom is -0.477 e. The summed E-state index contributed by atoms with van der Waals surface area (Å²) >= 11 is 0. The molecular formula is C9H9N3O2. The first-order chi connectivity index (χ1) is 6.65. The zero-order chi connectivity index (χ0) is 10.6. The van der Waals surface area contributed by atoms with Crippen molar-refractivity contribution in [3.8, 4) is 6.07 Å². The number of pyridine rings is 1. The van der Waals surface area contributed by atoms with E-state index in [0.717, 1.165) is 0 Å². The highest BCUT2D eigenvalue weighted by atomic mass is 16.4. The molecule has 0 fully saturated rings. The Labute approximate surface area is 80.8 Å². The molecule has 14 heavy (non-hydrogen) atoms. The van der Waals surface area contributed by atoms with Crippen molar-refractivity contribution in [3.05, 3.63) is 29.6 Å². The van der Waals surface area contributed by atoms with E-state index in [0.29, 0.717) is 5.56 Å². The van der Waals surface area contributed by atoms with E-state index in [2.05, 4.69) is 4.98 Å². The van der Waals surface area contributed by atoms with Crippen LogP contribution < -0.4 is 5.73 Å². The third kappa shape index (κ3) is 2.28. The molecule has 0 aromatic carbocycles. The predicted molar refractivity (Wildman–Crippen MR) is 48.4 cm³/mol. The van der Waals surface area contributed by atoms with Crippen LogP contribution in [0.5, 0.6) is 0 Å². The summed E-state index contributed by atoms with van der Waals surface area (Å²) < 4.78 is 0. The minimum absolute atomic E-state index is 0.0594. The monoisotopic (exact) mass is 191 g/mol. The molecule has 1 aromatic heterocycles. The molecule has 5 nitrogen and oxygen atoms in total. The summed E-state index contributed by atoms with van der Waals surface area (Å²) in [6, 6.07) is 4.45. The zero-order valence-electron chi connectivity index (χ0n) is 7.34. The molecule has 0 saturated carbocycles. The maximum atomic E-state index is 10.6. The lowest BCUT2D eigenvalue weighted by atomic mass is 10.1. The Morgan fingerprint density at radius 1 is 1.79 bits per heavy atom. The number of hydrogen-bond acceptors (Lipinski definition) is 4. The number of carboxylic acid groups (broad SMARTS) is 1. The first-order valence-corrected chi connectivity index (χ1v) is 3.97. The molecule has 0 bridgehead atoms. The summed E-state index contributed by atoms with van der Waals surface area (Å²) in [5, 5.41) is 17.1. The third-order valence-electron chi connectivity index (χ3n) is 1.74. The number of aromatic nitrogens is 1.